The summed E-state index contributed by atoms with van der Waals surface area (Å²) in [6, 6.07) is 5.16. The second-order valence-electron chi connectivity index (χ2n) is 7.89. The molecule has 0 saturated heterocycles. The van der Waals surface area contributed by atoms with Crippen molar-refractivity contribution < 1.29 is 14.0 Å². The molecule has 0 aromatic heterocycles. The monoisotopic (exact) mass is 363 g/mol. The molecule has 0 fully saturated rings. The van der Waals surface area contributed by atoms with Gasteiger partial charge in [0.25, 0.3) is 14.2 Å². The first-order valence-corrected chi connectivity index (χ1v) is 11.1. The Morgan fingerprint density at radius 3 is 1.80 bits per heavy atom. The summed E-state index contributed by atoms with van der Waals surface area (Å²) in [5.41, 5.74) is 2.25. The predicted octanol–water partition coefficient (Wildman–Crippen LogP) is 5.15. The maximum absolute atomic E-state index is 12.6. The number of carbonyl (C=O) groups excluding carboxylic acids is 2. The van der Waals surface area contributed by atoms with Crippen molar-refractivity contribution in [3.8, 4) is 5.75 Å². The number of ketones is 1. The van der Waals surface area contributed by atoms with Gasteiger partial charge in [-0.1, -0.05) is 47.6 Å². The summed E-state index contributed by atoms with van der Waals surface area (Å²) in [6.45, 7) is 14.7. The van der Waals surface area contributed by atoms with Crippen LogP contribution in [-0.2, 0) is 0 Å². The molecule has 5 heteroatoms. The molecular weight excluding hydrogens is 330 g/mol. The van der Waals surface area contributed by atoms with E-state index in [0.29, 0.717) is 33.5 Å². The summed E-state index contributed by atoms with van der Waals surface area (Å²) >= 11 is 0. The van der Waals surface area contributed by atoms with Gasteiger partial charge in [-0.25, -0.2) is 0 Å². The van der Waals surface area contributed by atoms with Crippen LogP contribution in [-0.4, -0.2) is 39.0 Å². The SMILES string of the molecule is CC(=O)c1ccc(C(=O)N(C)C)c(O[Si](C(C)C)(C(C)C)C(C)C)c1. The summed E-state index contributed by atoms with van der Waals surface area (Å²) in [5.74, 6) is 0.415. The van der Waals surface area contributed by atoms with E-state index in [4.69, 9.17) is 4.43 Å². The van der Waals surface area contributed by atoms with E-state index in [0.717, 1.165) is 0 Å². The van der Waals surface area contributed by atoms with E-state index in [-0.39, 0.29) is 11.7 Å². The summed E-state index contributed by atoms with van der Waals surface area (Å²) in [5, 5.41) is 0. The predicted molar refractivity (Wildman–Crippen MR) is 106 cm³/mol. The smallest absolute Gasteiger partial charge is 0.258 e. The minimum absolute atomic E-state index is 0.0281. The first-order valence-electron chi connectivity index (χ1n) is 9.00. The van der Waals surface area contributed by atoms with Crippen molar-refractivity contribution in [3.05, 3.63) is 29.3 Å². The van der Waals surface area contributed by atoms with Crippen LogP contribution < -0.4 is 4.43 Å². The van der Waals surface area contributed by atoms with Gasteiger partial charge in [-0.15, -0.1) is 0 Å². The minimum Gasteiger partial charge on any atom is -0.542 e. The van der Waals surface area contributed by atoms with Crippen LogP contribution in [0.1, 0.15) is 69.2 Å². The fourth-order valence-corrected chi connectivity index (χ4v) is 9.04. The molecule has 0 heterocycles. The highest BCUT2D eigenvalue weighted by Crippen LogP contribution is 2.43. The Balaban J connectivity index is 3.58. The Labute approximate surface area is 153 Å². The van der Waals surface area contributed by atoms with E-state index in [1.54, 1.807) is 37.2 Å². The second-order valence-corrected chi connectivity index (χ2v) is 13.3. The molecule has 1 rings (SSSR count). The zero-order chi connectivity index (χ0) is 19.5. The Morgan fingerprint density at radius 2 is 1.44 bits per heavy atom. The summed E-state index contributed by atoms with van der Waals surface area (Å²) in [6.07, 6.45) is 0. The van der Waals surface area contributed by atoms with Gasteiger partial charge >= 0.3 is 0 Å². The van der Waals surface area contributed by atoms with Crippen molar-refractivity contribution >= 4 is 20.0 Å². The van der Waals surface area contributed by atoms with Gasteiger partial charge in [0.05, 0.1) is 5.56 Å². The molecule has 0 unspecified atom stereocenters. The quantitative estimate of drug-likeness (QED) is 0.497. The van der Waals surface area contributed by atoms with Crippen LogP contribution >= 0.6 is 0 Å². The van der Waals surface area contributed by atoms with Gasteiger partial charge < -0.3 is 9.33 Å². The van der Waals surface area contributed by atoms with Crippen molar-refractivity contribution in [2.75, 3.05) is 14.1 Å². The van der Waals surface area contributed by atoms with Crippen LogP contribution in [0, 0.1) is 0 Å². The Kier molecular flexibility index (Phi) is 7.00. The maximum Gasteiger partial charge on any atom is 0.258 e. The standard InChI is InChI=1S/C20H33NO3Si/c1-13(2)25(14(3)4,15(5)6)24-19-12-17(16(7)22)10-11-18(19)20(23)21(8)9/h10-15H,1-9H3. The first-order chi connectivity index (χ1) is 11.4. The average molecular weight is 364 g/mol. The molecule has 0 aliphatic heterocycles. The normalized spacial score (nSPS) is 12.0. The molecule has 0 aliphatic carbocycles. The molecule has 0 atom stereocenters. The number of hydrogen-bond donors (Lipinski definition) is 0. The lowest BCUT2D eigenvalue weighted by atomic mass is 10.1. The molecule has 140 valence electrons. The number of carbonyl (C=O) groups is 2. The van der Waals surface area contributed by atoms with Crippen LogP contribution in [0.3, 0.4) is 0 Å². The topological polar surface area (TPSA) is 46.6 Å². The van der Waals surface area contributed by atoms with Gasteiger partial charge in [0, 0.05) is 19.7 Å². The Hall–Kier alpha value is -1.62. The molecule has 0 saturated carbocycles. The lowest BCUT2D eigenvalue weighted by Crippen LogP contribution is -2.51. The molecule has 25 heavy (non-hydrogen) atoms. The molecule has 0 bridgehead atoms. The van der Waals surface area contributed by atoms with Gasteiger partial charge in [-0.05, 0) is 35.7 Å². The summed E-state index contributed by atoms with van der Waals surface area (Å²) in [4.78, 5) is 26.0. The Morgan fingerprint density at radius 1 is 0.960 bits per heavy atom. The third-order valence-corrected chi connectivity index (χ3v) is 11.0. The molecule has 1 aromatic rings. The molecule has 0 radical (unpaired) electrons. The summed E-state index contributed by atoms with van der Waals surface area (Å²) < 4.78 is 6.72. The van der Waals surface area contributed by atoms with Gasteiger partial charge in [0.1, 0.15) is 5.75 Å². The van der Waals surface area contributed by atoms with Crippen LogP contribution in [0.2, 0.25) is 16.6 Å². The van der Waals surface area contributed by atoms with Crippen molar-refractivity contribution in [2.24, 2.45) is 0 Å². The molecule has 1 amide bonds. The highest BCUT2D eigenvalue weighted by molar-refractivity contribution is 6.78. The van der Waals surface area contributed by atoms with Gasteiger partial charge in [-0.3, -0.25) is 9.59 Å². The fraction of sp³-hybridized carbons (Fsp3) is 0.600. The zero-order valence-electron chi connectivity index (χ0n) is 17.1. The summed E-state index contributed by atoms with van der Waals surface area (Å²) in [7, 11) is 1.23. The van der Waals surface area contributed by atoms with Crippen LogP contribution in [0.25, 0.3) is 0 Å². The molecule has 0 N–H and O–H groups in total. The van der Waals surface area contributed by atoms with Crippen molar-refractivity contribution in [1.29, 1.82) is 0 Å². The molecule has 0 aliphatic rings. The first kappa shape index (κ1) is 21.4. The number of hydrogen-bond acceptors (Lipinski definition) is 3. The van der Waals surface area contributed by atoms with E-state index in [1.807, 2.05) is 0 Å². The maximum atomic E-state index is 12.6. The number of rotatable bonds is 7. The zero-order valence-corrected chi connectivity index (χ0v) is 18.1. The highest BCUT2D eigenvalue weighted by Gasteiger charge is 2.47. The average Bonchev–Trinajstić information content (AvgIpc) is 2.50. The van der Waals surface area contributed by atoms with Gasteiger partial charge in [0.2, 0.25) is 0 Å². The molecule has 1 aromatic carbocycles. The van der Waals surface area contributed by atoms with Crippen LogP contribution in [0.4, 0.5) is 0 Å². The van der Waals surface area contributed by atoms with Crippen molar-refractivity contribution in [1.82, 2.24) is 4.90 Å². The van der Waals surface area contributed by atoms with E-state index in [9.17, 15) is 9.59 Å². The second kappa shape index (κ2) is 8.17. The largest absolute Gasteiger partial charge is 0.542 e. The lowest BCUT2D eigenvalue weighted by molar-refractivity contribution is 0.0824. The van der Waals surface area contributed by atoms with Gasteiger partial charge in [0.15, 0.2) is 5.78 Å². The lowest BCUT2D eigenvalue weighted by Gasteiger charge is -2.42. The van der Waals surface area contributed by atoms with Crippen molar-refractivity contribution in [2.45, 2.75) is 65.1 Å². The number of nitrogens with zero attached hydrogens (tertiary/aromatic N) is 1. The molecule has 0 spiro atoms. The third kappa shape index (κ3) is 4.32. The molecular formula is C20H33NO3Si. The van der Waals surface area contributed by atoms with Crippen LogP contribution in [0.15, 0.2) is 18.2 Å². The van der Waals surface area contributed by atoms with E-state index in [2.05, 4.69) is 41.5 Å². The minimum atomic E-state index is -2.22. The fourth-order valence-electron chi connectivity index (χ4n) is 3.79. The number of benzene rings is 1. The van der Waals surface area contributed by atoms with Gasteiger partial charge in [-0.2, -0.15) is 0 Å². The Bertz CT molecular complexity index is 614. The molecule has 4 nitrogen and oxygen atoms in total. The van der Waals surface area contributed by atoms with E-state index in [1.165, 1.54) is 6.92 Å². The highest BCUT2D eigenvalue weighted by atomic mass is 28.4. The van der Waals surface area contributed by atoms with E-state index < -0.39 is 8.32 Å². The van der Waals surface area contributed by atoms with Crippen LogP contribution in [0.5, 0.6) is 5.75 Å². The van der Waals surface area contributed by atoms with Crippen molar-refractivity contribution in [3.63, 3.8) is 0 Å². The van der Waals surface area contributed by atoms with E-state index >= 15 is 0 Å². The third-order valence-electron chi connectivity index (χ3n) is 5.02. The number of Topliss-reactive ketones (excluding diaryl/α,β-unsaturated/α-hetero) is 1. The number of amides is 1.